The van der Waals surface area contributed by atoms with Crippen LogP contribution in [0.2, 0.25) is 0 Å². The summed E-state index contributed by atoms with van der Waals surface area (Å²) in [7, 11) is 0. The Hall–Kier alpha value is -2.55. The molecule has 0 amide bonds. The van der Waals surface area contributed by atoms with E-state index >= 15 is 0 Å². The second-order valence-corrected chi connectivity index (χ2v) is 5.94. The van der Waals surface area contributed by atoms with Gasteiger partial charge in [-0.25, -0.2) is 0 Å². The number of carboxylic acids is 1. The molecule has 8 nitrogen and oxygen atoms in total. The fraction of sp³-hybridized carbons (Fsp3) is 0.333. The lowest BCUT2D eigenvalue weighted by Crippen LogP contribution is -2.03. The maximum absolute atomic E-state index is 10.8. The van der Waals surface area contributed by atoms with Crippen molar-refractivity contribution in [2.75, 3.05) is 12.5 Å². The standard InChI is InChI=1S/C15H16N4O4S/c1-2-3-13-17-18-15(24-8-14(20)21)19(13)16-7-10-4-5-11-12(6-10)23-9-22-11/h4-7H,2-3,8-9H2,1H3,(H,20,21)/b16-7-. The van der Waals surface area contributed by atoms with Gasteiger partial charge >= 0.3 is 5.97 Å². The highest BCUT2D eigenvalue weighted by Crippen LogP contribution is 2.32. The van der Waals surface area contributed by atoms with Gasteiger partial charge in [0.2, 0.25) is 11.9 Å². The Morgan fingerprint density at radius 3 is 3.04 bits per heavy atom. The third-order valence-electron chi connectivity index (χ3n) is 3.19. The van der Waals surface area contributed by atoms with Crippen LogP contribution in [0.3, 0.4) is 0 Å². The third-order valence-corrected chi connectivity index (χ3v) is 4.10. The van der Waals surface area contributed by atoms with Gasteiger partial charge in [0, 0.05) is 6.42 Å². The van der Waals surface area contributed by atoms with E-state index in [1.807, 2.05) is 25.1 Å². The molecule has 1 aliphatic rings. The summed E-state index contributed by atoms with van der Waals surface area (Å²) < 4.78 is 12.2. The summed E-state index contributed by atoms with van der Waals surface area (Å²) in [5.41, 5.74) is 0.838. The second-order valence-electron chi connectivity index (χ2n) is 5.00. The molecule has 1 N–H and O–H groups in total. The van der Waals surface area contributed by atoms with Crippen LogP contribution < -0.4 is 9.47 Å². The number of carboxylic acid groups (broad SMARTS) is 1. The number of rotatable bonds is 7. The number of aryl methyl sites for hydroxylation is 1. The SMILES string of the molecule is CCCc1nnc(SCC(=O)O)n1/N=C\c1ccc2c(c1)OCO2. The van der Waals surface area contributed by atoms with Crippen LogP contribution in [0.15, 0.2) is 28.5 Å². The first-order chi connectivity index (χ1) is 11.7. The minimum atomic E-state index is -0.911. The lowest BCUT2D eigenvalue weighted by molar-refractivity contribution is -0.133. The molecule has 1 aliphatic heterocycles. The highest BCUT2D eigenvalue weighted by Gasteiger charge is 2.14. The van der Waals surface area contributed by atoms with Crippen LogP contribution in [0.4, 0.5) is 0 Å². The van der Waals surface area contributed by atoms with Crippen molar-refractivity contribution in [1.82, 2.24) is 14.9 Å². The third kappa shape index (κ3) is 3.67. The van der Waals surface area contributed by atoms with Crippen LogP contribution >= 0.6 is 11.8 Å². The van der Waals surface area contributed by atoms with Gasteiger partial charge in [-0.3, -0.25) is 4.79 Å². The van der Waals surface area contributed by atoms with Gasteiger partial charge in [0.15, 0.2) is 17.3 Å². The maximum atomic E-state index is 10.8. The van der Waals surface area contributed by atoms with Gasteiger partial charge in [-0.15, -0.1) is 10.2 Å². The fourth-order valence-corrected chi connectivity index (χ4v) is 2.75. The monoisotopic (exact) mass is 348 g/mol. The molecule has 0 aliphatic carbocycles. The Balaban J connectivity index is 1.84. The smallest absolute Gasteiger partial charge is 0.313 e. The molecule has 126 valence electrons. The summed E-state index contributed by atoms with van der Waals surface area (Å²) >= 11 is 1.09. The predicted octanol–water partition coefficient (Wildman–Crippen LogP) is 2.02. The van der Waals surface area contributed by atoms with Crippen LogP contribution in [0.1, 0.15) is 24.7 Å². The number of thioether (sulfide) groups is 1. The van der Waals surface area contributed by atoms with Gasteiger partial charge in [-0.05, 0) is 30.2 Å². The van der Waals surface area contributed by atoms with E-state index in [1.54, 1.807) is 10.9 Å². The molecule has 3 rings (SSSR count). The van der Waals surface area contributed by atoms with E-state index in [-0.39, 0.29) is 12.5 Å². The lowest BCUT2D eigenvalue weighted by atomic mass is 10.2. The molecule has 0 radical (unpaired) electrons. The summed E-state index contributed by atoms with van der Waals surface area (Å²) in [6.45, 7) is 2.25. The largest absolute Gasteiger partial charge is 0.481 e. The molecule has 0 spiro atoms. The van der Waals surface area contributed by atoms with E-state index in [2.05, 4.69) is 15.3 Å². The summed E-state index contributed by atoms with van der Waals surface area (Å²) in [6.07, 6.45) is 3.26. The molecule has 0 unspecified atom stereocenters. The Morgan fingerprint density at radius 1 is 1.42 bits per heavy atom. The molecule has 2 heterocycles. The van der Waals surface area contributed by atoms with Gasteiger partial charge in [0.25, 0.3) is 0 Å². The number of aliphatic carboxylic acids is 1. The Morgan fingerprint density at radius 2 is 2.25 bits per heavy atom. The average Bonchev–Trinajstić information content (AvgIpc) is 3.17. The van der Waals surface area contributed by atoms with Crippen molar-refractivity contribution in [1.29, 1.82) is 0 Å². The molecule has 0 fully saturated rings. The van der Waals surface area contributed by atoms with Crippen molar-refractivity contribution in [2.24, 2.45) is 5.10 Å². The zero-order chi connectivity index (χ0) is 16.9. The number of nitrogens with zero attached hydrogens (tertiary/aromatic N) is 4. The van der Waals surface area contributed by atoms with E-state index in [9.17, 15) is 4.79 Å². The quantitative estimate of drug-likeness (QED) is 0.603. The van der Waals surface area contributed by atoms with Crippen LogP contribution in [0, 0.1) is 0 Å². The van der Waals surface area contributed by atoms with Crippen LogP contribution in [-0.2, 0) is 11.2 Å². The fourth-order valence-electron chi connectivity index (χ4n) is 2.13. The number of fused-ring (bicyclic) bond motifs is 1. The predicted molar refractivity (Wildman–Crippen MR) is 87.9 cm³/mol. The molecule has 1 aromatic carbocycles. The zero-order valence-electron chi connectivity index (χ0n) is 13.0. The molecular weight excluding hydrogens is 332 g/mol. The number of aromatic nitrogens is 3. The minimum absolute atomic E-state index is 0.0935. The van der Waals surface area contributed by atoms with Crippen LogP contribution in [0.25, 0.3) is 0 Å². The van der Waals surface area contributed by atoms with Crippen molar-refractivity contribution < 1.29 is 19.4 Å². The summed E-state index contributed by atoms with van der Waals surface area (Å²) in [4.78, 5) is 10.8. The van der Waals surface area contributed by atoms with Crippen LogP contribution in [-0.4, -0.2) is 44.7 Å². The van der Waals surface area contributed by atoms with Gasteiger partial charge in [-0.2, -0.15) is 9.78 Å². The van der Waals surface area contributed by atoms with E-state index in [4.69, 9.17) is 14.6 Å². The molecule has 0 bridgehead atoms. The van der Waals surface area contributed by atoms with Gasteiger partial charge in [0.05, 0.1) is 12.0 Å². The highest BCUT2D eigenvalue weighted by atomic mass is 32.2. The van der Waals surface area contributed by atoms with E-state index in [1.165, 1.54) is 0 Å². The molecule has 0 atom stereocenters. The summed E-state index contributed by atoms with van der Waals surface area (Å²) in [5, 5.41) is 21.8. The Labute approximate surface area is 142 Å². The normalized spacial score (nSPS) is 12.9. The molecular formula is C15H16N4O4S. The van der Waals surface area contributed by atoms with Crippen molar-refractivity contribution in [2.45, 2.75) is 24.9 Å². The molecule has 24 heavy (non-hydrogen) atoms. The number of benzene rings is 1. The van der Waals surface area contributed by atoms with E-state index < -0.39 is 5.97 Å². The van der Waals surface area contributed by atoms with Crippen LogP contribution in [0.5, 0.6) is 11.5 Å². The van der Waals surface area contributed by atoms with Crippen molar-refractivity contribution in [3.63, 3.8) is 0 Å². The minimum Gasteiger partial charge on any atom is -0.481 e. The molecule has 0 saturated carbocycles. The number of ether oxygens (including phenoxy) is 2. The highest BCUT2D eigenvalue weighted by molar-refractivity contribution is 7.99. The first-order valence-corrected chi connectivity index (χ1v) is 8.39. The molecule has 2 aromatic rings. The number of hydrogen-bond acceptors (Lipinski definition) is 7. The first kappa shape index (κ1) is 16.3. The van der Waals surface area contributed by atoms with Crippen molar-refractivity contribution in [3.8, 4) is 11.5 Å². The molecule has 1 aromatic heterocycles. The van der Waals surface area contributed by atoms with E-state index in [0.717, 1.165) is 23.7 Å². The molecule has 9 heteroatoms. The van der Waals surface area contributed by atoms with Crippen molar-refractivity contribution in [3.05, 3.63) is 29.6 Å². The zero-order valence-corrected chi connectivity index (χ0v) is 13.8. The Bertz CT molecular complexity index is 775. The second kappa shape index (κ2) is 7.35. The maximum Gasteiger partial charge on any atom is 0.313 e. The average molecular weight is 348 g/mol. The number of hydrogen-bond donors (Lipinski definition) is 1. The summed E-state index contributed by atoms with van der Waals surface area (Å²) in [5.74, 6) is 1.08. The van der Waals surface area contributed by atoms with Gasteiger partial charge < -0.3 is 14.6 Å². The van der Waals surface area contributed by atoms with E-state index in [0.29, 0.717) is 28.9 Å². The summed E-state index contributed by atoms with van der Waals surface area (Å²) in [6, 6.07) is 5.52. The lowest BCUT2D eigenvalue weighted by Gasteiger charge is -2.03. The topological polar surface area (TPSA) is 98.8 Å². The van der Waals surface area contributed by atoms with Gasteiger partial charge in [-0.1, -0.05) is 18.7 Å². The number of carbonyl (C=O) groups is 1. The Kier molecular flexibility index (Phi) is 4.99. The first-order valence-electron chi connectivity index (χ1n) is 7.40. The van der Waals surface area contributed by atoms with Crippen molar-refractivity contribution >= 4 is 23.9 Å². The molecule has 0 saturated heterocycles. The van der Waals surface area contributed by atoms with Gasteiger partial charge in [0.1, 0.15) is 0 Å².